The topological polar surface area (TPSA) is 53.9 Å². The number of ether oxygens (including phenoxy) is 1. The number of benzene rings is 1. The molecule has 39 heavy (non-hydrogen) atoms. The first-order valence-corrected chi connectivity index (χ1v) is 14.1. The van der Waals surface area contributed by atoms with Gasteiger partial charge in [0.2, 0.25) is 0 Å². The van der Waals surface area contributed by atoms with Crippen molar-refractivity contribution in [1.29, 1.82) is 0 Å². The van der Waals surface area contributed by atoms with Crippen LogP contribution in [0, 0.1) is 5.82 Å². The fourth-order valence-electron chi connectivity index (χ4n) is 5.70. The van der Waals surface area contributed by atoms with Crippen molar-refractivity contribution < 1.29 is 9.13 Å². The Bertz CT molecular complexity index is 1400. The number of aryl methyl sites for hydroxylation is 1. The van der Waals surface area contributed by atoms with Gasteiger partial charge in [-0.3, -0.25) is 19.8 Å². The second-order valence-corrected chi connectivity index (χ2v) is 11.5. The zero-order chi connectivity index (χ0) is 27.6. The molecule has 5 rings (SSSR count). The first-order valence-electron chi connectivity index (χ1n) is 13.7. The summed E-state index contributed by atoms with van der Waals surface area (Å²) in [6.07, 6.45) is 5.78. The number of piperazine rings is 1. The zero-order valence-corrected chi connectivity index (χ0v) is 24.0. The summed E-state index contributed by atoms with van der Waals surface area (Å²) in [6.45, 7) is 12.3. The average Bonchev–Trinajstić information content (AvgIpc) is 3.43. The number of halogens is 2. The van der Waals surface area contributed by atoms with Crippen LogP contribution in [0.1, 0.15) is 44.0 Å². The van der Waals surface area contributed by atoms with Crippen molar-refractivity contribution in [1.82, 2.24) is 19.8 Å². The molecule has 1 unspecified atom stereocenters. The minimum Gasteiger partial charge on any atom is -0.383 e. The lowest BCUT2D eigenvalue weighted by Crippen LogP contribution is -2.58. The predicted molar refractivity (Wildman–Crippen MR) is 157 cm³/mol. The highest BCUT2D eigenvalue weighted by molar-refractivity contribution is 6.35. The fraction of sp³-hybridized carbons (Fsp3) is 0.452. The normalized spacial score (nSPS) is 18.4. The summed E-state index contributed by atoms with van der Waals surface area (Å²) < 4.78 is 20.3. The van der Waals surface area contributed by atoms with E-state index in [-0.39, 0.29) is 11.4 Å². The first kappa shape index (κ1) is 27.8. The highest BCUT2D eigenvalue weighted by Crippen LogP contribution is 2.29. The van der Waals surface area contributed by atoms with Crippen molar-refractivity contribution in [2.45, 2.75) is 45.2 Å². The second-order valence-electron chi connectivity index (χ2n) is 11.1. The first-order chi connectivity index (χ1) is 18.8. The Morgan fingerprint density at radius 1 is 1.08 bits per heavy atom. The van der Waals surface area contributed by atoms with Crippen molar-refractivity contribution in [3.8, 4) is 0 Å². The van der Waals surface area contributed by atoms with E-state index in [4.69, 9.17) is 26.3 Å². The van der Waals surface area contributed by atoms with E-state index < -0.39 is 0 Å². The van der Waals surface area contributed by atoms with Gasteiger partial charge in [-0.05, 0) is 75.6 Å². The van der Waals surface area contributed by atoms with Gasteiger partial charge in [0.25, 0.3) is 0 Å². The van der Waals surface area contributed by atoms with Crippen molar-refractivity contribution in [2.75, 3.05) is 46.4 Å². The maximum Gasteiger partial charge on any atom is 0.132 e. The van der Waals surface area contributed by atoms with Crippen molar-refractivity contribution in [3.63, 3.8) is 0 Å². The molecule has 2 aliphatic rings. The number of aliphatic imine (C=N–C) groups is 1. The van der Waals surface area contributed by atoms with Crippen LogP contribution in [-0.2, 0) is 11.2 Å². The van der Waals surface area contributed by atoms with Gasteiger partial charge >= 0.3 is 0 Å². The Kier molecular flexibility index (Phi) is 8.43. The summed E-state index contributed by atoms with van der Waals surface area (Å²) in [4.78, 5) is 19.3. The zero-order valence-electron chi connectivity index (χ0n) is 23.3. The monoisotopic (exact) mass is 549 g/mol. The number of aromatic nitrogens is 2. The number of nitrogens with zero attached hydrogens (tertiary/aromatic N) is 5. The Hall–Kier alpha value is -2.71. The lowest BCUT2D eigenvalue weighted by molar-refractivity contribution is -0.0179. The molecule has 1 aromatic carbocycles. The quantitative estimate of drug-likeness (QED) is 0.344. The number of allylic oxidation sites excluding steroid dienone is 1. The lowest BCUT2D eigenvalue weighted by Gasteiger charge is -2.46. The highest BCUT2D eigenvalue weighted by atomic mass is 35.5. The molecule has 3 aromatic rings. The Balaban J connectivity index is 1.34. The fourth-order valence-corrected chi connectivity index (χ4v) is 5.88. The summed E-state index contributed by atoms with van der Waals surface area (Å²) in [7, 11) is 1.79. The van der Waals surface area contributed by atoms with E-state index in [1.54, 1.807) is 19.2 Å². The van der Waals surface area contributed by atoms with Crippen LogP contribution in [0.3, 0.4) is 0 Å². The van der Waals surface area contributed by atoms with E-state index >= 15 is 0 Å². The van der Waals surface area contributed by atoms with Gasteiger partial charge in [0.05, 0.1) is 35.6 Å². The molecule has 1 atom stereocenters. The minimum atomic E-state index is -0.347. The molecule has 2 aliphatic heterocycles. The SMILES string of the molecule is COCC(C)(CCc1cnc2ccc(C3=CCN=C3c3cc(Cl)ccc3F)nc2c1)N1CCN(C(C)C)CC1. The van der Waals surface area contributed by atoms with E-state index in [1.807, 2.05) is 24.4 Å². The summed E-state index contributed by atoms with van der Waals surface area (Å²) >= 11 is 6.16. The molecular formula is C31H37ClFN5O. The molecule has 0 bridgehead atoms. The van der Waals surface area contributed by atoms with Gasteiger partial charge in [-0.25, -0.2) is 9.37 Å². The van der Waals surface area contributed by atoms with Gasteiger partial charge in [0, 0.05) is 67.2 Å². The number of hydrogen-bond donors (Lipinski definition) is 0. The molecular weight excluding hydrogens is 513 g/mol. The molecule has 0 spiro atoms. The third-order valence-electron chi connectivity index (χ3n) is 8.07. The van der Waals surface area contributed by atoms with Crippen LogP contribution in [0.5, 0.6) is 0 Å². The summed E-state index contributed by atoms with van der Waals surface area (Å²) in [5.41, 5.74) is 5.29. The van der Waals surface area contributed by atoms with Gasteiger partial charge in [-0.15, -0.1) is 0 Å². The Morgan fingerprint density at radius 2 is 1.87 bits per heavy atom. The van der Waals surface area contributed by atoms with Gasteiger partial charge in [0.1, 0.15) is 5.82 Å². The molecule has 6 nitrogen and oxygen atoms in total. The van der Waals surface area contributed by atoms with Crippen molar-refractivity contribution in [3.05, 3.63) is 76.3 Å². The maximum absolute atomic E-state index is 14.6. The van der Waals surface area contributed by atoms with Crippen molar-refractivity contribution >= 4 is 33.9 Å². The number of methoxy groups -OCH3 is 1. The second kappa shape index (κ2) is 11.8. The molecule has 4 heterocycles. The summed E-state index contributed by atoms with van der Waals surface area (Å²) in [6, 6.07) is 11.1. The van der Waals surface area contributed by atoms with Crippen molar-refractivity contribution in [2.24, 2.45) is 4.99 Å². The summed E-state index contributed by atoms with van der Waals surface area (Å²) in [5, 5.41) is 0.475. The van der Waals surface area contributed by atoms with Gasteiger partial charge in [0.15, 0.2) is 0 Å². The van der Waals surface area contributed by atoms with Crippen LogP contribution in [0.15, 0.2) is 53.7 Å². The Labute approximate surface area is 235 Å². The van der Waals surface area contributed by atoms with E-state index in [9.17, 15) is 4.39 Å². The number of hydrogen-bond acceptors (Lipinski definition) is 6. The van der Waals surface area contributed by atoms with E-state index in [2.05, 4.69) is 41.6 Å². The molecule has 0 N–H and O–H groups in total. The van der Waals surface area contributed by atoms with Crippen LogP contribution >= 0.6 is 11.6 Å². The van der Waals surface area contributed by atoms with E-state index in [1.165, 1.54) is 6.07 Å². The van der Waals surface area contributed by atoms with E-state index in [0.717, 1.165) is 66.9 Å². The molecule has 206 valence electrons. The summed E-state index contributed by atoms with van der Waals surface area (Å²) in [5.74, 6) is -0.347. The number of fused-ring (bicyclic) bond motifs is 1. The standard InChI is InChI=1S/C31H37ClFN5O/c1-21(2)37-13-15-38(16-14-37)31(3,20-39-4)11-9-22-17-29-28(35-19-22)8-7-27(36-29)24-10-12-34-30(24)25-18-23(32)5-6-26(25)33/h5-8,10,17-19,21H,9,11-16,20H2,1-4H3. The predicted octanol–water partition coefficient (Wildman–Crippen LogP) is 5.67. The molecule has 2 aromatic heterocycles. The third-order valence-corrected chi connectivity index (χ3v) is 8.30. The molecule has 0 radical (unpaired) electrons. The largest absolute Gasteiger partial charge is 0.383 e. The van der Waals surface area contributed by atoms with Gasteiger partial charge < -0.3 is 4.74 Å². The molecule has 0 saturated carbocycles. The van der Waals surface area contributed by atoms with E-state index in [0.29, 0.717) is 35.5 Å². The highest BCUT2D eigenvalue weighted by Gasteiger charge is 2.34. The Morgan fingerprint density at radius 3 is 2.62 bits per heavy atom. The molecule has 8 heteroatoms. The van der Waals surface area contributed by atoms with Crippen LogP contribution in [0.25, 0.3) is 16.6 Å². The molecule has 0 amide bonds. The minimum absolute atomic E-state index is 0.0525. The molecule has 1 saturated heterocycles. The van der Waals surface area contributed by atoms with Gasteiger partial charge in [-0.1, -0.05) is 17.7 Å². The third kappa shape index (κ3) is 6.07. The van der Waals surface area contributed by atoms with Crippen LogP contribution in [-0.4, -0.2) is 83.5 Å². The van der Waals surface area contributed by atoms with Crippen LogP contribution in [0.2, 0.25) is 5.02 Å². The van der Waals surface area contributed by atoms with Crippen LogP contribution in [0.4, 0.5) is 4.39 Å². The molecule has 1 fully saturated rings. The number of rotatable bonds is 9. The molecule has 0 aliphatic carbocycles. The van der Waals surface area contributed by atoms with Gasteiger partial charge in [-0.2, -0.15) is 0 Å². The lowest BCUT2D eigenvalue weighted by atomic mass is 9.91. The average molecular weight is 550 g/mol. The van der Waals surface area contributed by atoms with Crippen LogP contribution < -0.4 is 0 Å². The maximum atomic E-state index is 14.6. The smallest absolute Gasteiger partial charge is 0.132 e. The number of pyridine rings is 2.